The van der Waals surface area contributed by atoms with Crippen LogP contribution in [0.4, 0.5) is 5.13 Å². The van der Waals surface area contributed by atoms with Crippen LogP contribution in [0.3, 0.4) is 0 Å². The maximum Gasteiger partial charge on any atom is 0.260 e. The van der Waals surface area contributed by atoms with Gasteiger partial charge in [0.2, 0.25) is 0 Å². The number of benzene rings is 2. The molecule has 0 radical (unpaired) electrons. The van der Waals surface area contributed by atoms with Crippen LogP contribution in [0.15, 0.2) is 42.5 Å². The Morgan fingerprint density at radius 3 is 2.66 bits per heavy atom. The fraction of sp³-hybridized carbons (Fsp3) is 0.391. The summed E-state index contributed by atoms with van der Waals surface area (Å²) in [6.07, 6.45) is 0.909. The first-order chi connectivity index (χ1) is 14.1. The van der Waals surface area contributed by atoms with Gasteiger partial charge in [-0.1, -0.05) is 35.6 Å². The minimum atomic E-state index is 0.0148. The Kier molecular flexibility index (Phi) is 6.23. The van der Waals surface area contributed by atoms with E-state index in [1.165, 1.54) is 11.1 Å². The zero-order chi connectivity index (χ0) is 20.2. The number of ether oxygens (including phenoxy) is 1. The van der Waals surface area contributed by atoms with E-state index < -0.39 is 0 Å². The number of fused-ring (bicyclic) bond motifs is 1. The van der Waals surface area contributed by atoms with E-state index in [9.17, 15) is 4.79 Å². The number of aryl methyl sites for hydroxylation is 2. The summed E-state index contributed by atoms with van der Waals surface area (Å²) in [6.45, 7) is 9.34. The molecule has 3 aromatic rings. The van der Waals surface area contributed by atoms with E-state index in [0.29, 0.717) is 12.1 Å². The van der Waals surface area contributed by atoms with Crippen molar-refractivity contribution >= 4 is 32.6 Å². The van der Waals surface area contributed by atoms with Gasteiger partial charge in [0.05, 0.1) is 23.4 Å². The van der Waals surface area contributed by atoms with Gasteiger partial charge in [-0.3, -0.25) is 14.6 Å². The molecule has 0 bridgehead atoms. The van der Waals surface area contributed by atoms with Crippen LogP contribution in [0.5, 0.6) is 0 Å². The highest BCUT2D eigenvalue weighted by molar-refractivity contribution is 7.22. The van der Waals surface area contributed by atoms with Crippen LogP contribution in [0.2, 0.25) is 0 Å². The van der Waals surface area contributed by atoms with Gasteiger partial charge in [0, 0.05) is 31.7 Å². The molecule has 1 aromatic heterocycles. The molecule has 5 nitrogen and oxygen atoms in total. The summed E-state index contributed by atoms with van der Waals surface area (Å²) in [7, 11) is 0. The highest BCUT2D eigenvalue weighted by Gasteiger charge is 2.22. The molecule has 152 valence electrons. The minimum absolute atomic E-state index is 0.0148. The molecule has 0 atom stereocenters. The average Bonchev–Trinajstić information content (AvgIpc) is 3.19. The van der Waals surface area contributed by atoms with Crippen molar-refractivity contribution in [3.05, 3.63) is 59.2 Å². The summed E-state index contributed by atoms with van der Waals surface area (Å²) in [5.41, 5.74) is 4.11. The molecular weight excluding hydrogens is 382 g/mol. The van der Waals surface area contributed by atoms with Gasteiger partial charge in [0.25, 0.3) is 5.91 Å². The second-order valence-corrected chi connectivity index (χ2v) is 8.49. The van der Waals surface area contributed by atoms with E-state index >= 15 is 0 Å². The van der Waals surface area contributed by atoms with Crippen LogP contribution in [0.25, 0.3) is 10.2 Å². The fourth-order valence-electron chi connectivity index (χ4n) is 3.63. The maximum atomic E-state index is 13.3. The molecular formula is C23H27N3O2S. The summed E-state index contributed by atoms with van der Waals surface area (Å²) in [5, 5.41) is 0.782. The third kappa shape index (κ3) is 4.50. The lowest BCUT2D eigenvalue weighted by Gasteiger charge is -2.27. The number of rotatable bonds is 6. The first kappa shape index (κ1) is 20.0. The Labute approximate surface area is 175 Å². The largest absolute Gasteiger partial charge is 0.379 e. The molecule has 1 saturated heterocycles. The van der Waals surface area contributed by atoms with Crippen LogP contribution in [-0.2, 0) is 4.74 Å². The Hall–Kier alpha value is -2.28. The molecule has 6 heteroatoms. The number of aromatic nitrogens is 1. The fourth-order valence-corrected chi connectivity index (χ4v) is 4.68. The highest BCUT2D eigenvalue weighted by Crippen LogP contribution is 2.32. The third-order valence-corrected chi connectivity index (χ3v) is 6.57. The maximum absolute atomic E-state index is 13.3. The number of carbonyl (C=O) groups is 1. The Morgan fingerprint density at radius 2 is 1.90 bits per heavy atom. The molecule has 2 aromatic carbocycles. The van der Waals surface area contributed by atoms with Crippen molar-refractivity contribution < 1.29 is 9.53 Å². The van der Waals surface area contributed by atoms with Crippen molar-refractivity contribution in [2.45, 2.75) is 20.3 Å². The average molecular weight is 410 g/mol. The monoisotopic (exact) mass is 409 g/mol. The SMILES string of the molecule is Cc1ccc2sc(N(CCCN3CCOCC3)C(=O)c3ccccc3)nc2c1C. The van der Waals surface area contributed by atoms with Gasteiger partial charge in [0.1, 0.15) is 0 Å². The molecule has 2 heterocycles. The lowest BCUT2D eigenvalue weighted by molar-refractivity contribution is 0.0376. The number of thiazole rings is 1. The molecule has 0 N–H and O–H groups in total. The zero-order valence-electron chi connectivity index (χ0n) is 17.1. The lowest BCUT2D eigenvalue weighted by atomic mass is 10.1. The molecule has 0 spiro atoms. The van der Waals surface area contributed by atoms with Gasteiger partial charge in [-0.05, 0) is 49.6 Å². The number of anilines is 1. The van der Waals surface area contributed by atoms with E-state index in [0.717, 1.165) is 54.6 Å². The second kappa shape index (κ2) is 9.03. The Morgan fingerprint density at radius 1 is 1.14 bits per heavy atom. The van der Waals surface area contributed by atoms with Crippen LogP contribution in [-0.4, -0.2) is 55.2 Å². The predicted molar refractivity (Wildman–Crippen MR) is 119 cm³/mol. The molecule has 1 aliphatic heterocycles. The van der Waals surface area contributed by atoms with E-state index in [4.69, 9.17) is 9.72 Å². The normalized spacial score (nSPS) is 15.0. The Bertz CT molecular complexity index is 980. The summed E-state index contributed by atoms with van der Waals surface area (Å²) in [4.78, 5) is 22.5. The molecule has 1 fully saturated rings. The number of nitrogens with zero attached hydrogens (tertiary/aromatic N) is 3. The van der Waals surface area contributed by atoms with Gasteiger partial charge in [-0.2, -0.15) is 0 Å². The summed E-state index contributed by atoms with van der Waals surface area (Å²) < 4.78 is 6.56. The van der Waals surface area contributed by atoms with Gasteiger partial charge in [0.15, 0.2) is 5.13 Å². The van der Waals surface area contributed by atoms with Crippen LogP contribution in [0, 0.1) is 13.8 Å². The van der Waals surface area contributed by atoms with Crippen molar-refractivity contribution in [2.75, 3.05) is 44.3 Å². The predicted octanol–water partition coefficient (Wildman–Crippen LogP) is 4.28. The highest BCUT2D eigenvalue weighted by atomic mass is 32.1. The van der Waals surface area contributed by atoms with E-state index in [2.05, 4.69) is 30.9 Å². The minimum Gasteiger partial charge on any atom is -0.379 e. The second-order valence-electron chi connectivity index (χ2n) is 7.48. The Balaban J connectivity index is 1.59. The number of hydrogen-bond donors (Lipinski definition) is 0. The lowest BCUT2D eigenvalue weighted by Crippen LogP contribution is -2.39. The molecule has 1 aliphatic rings. The molecule has 4 rings (SSSR count). The zero-order valence-corrected chi connectivity index (χ0v) is 17.9. The topological polar surface area (TPSA) is 45.7 Å². The number of hydrogen-bond acceptors (Lipinski definition) is 5. The van der Waals surface area contributed by atoms with Crippen molar-refractivity contribution in [1.29, 1.82) is 0 Å². The van der Waals surface area contributed by atoms with Crippen molar-refractivity contribution in [3.8, 4) is 0 Å². The van der Waals surface area contributed by atoms with Crippen LogP contribution >= 0.6 is 11.3 Å². The standard InChI is InChI=1S/C23H27N3O2S/c1-17-9-10-20-21(18(17)2)24-23(29-20)26(22(27)19-7-4-3-5-8-19)12-6-11-25-13-15-28-16-14-25/h3-5,7-10H,6,11-16H2,1-2H3. The van der Waals surface area contributed by atoms with Gasteiger partial charge < -0.3 is 4.74 Å². The first-order valence-electron chi connectivity index (χ1n) is 10.2. The number of carbonyl (C=O) groups excluding carboxylic acids is 1. The van der Waals surface area contributed by atoms with E-state index in [-0.39, 0.29) is 5.91 Å². The van der Waals surface area contributed by atoms with Crippen LogP contribution < -0.4 is 4.90 Å². The van der Waals surface area contributed by atoms with E-state index in [1.54, 1.807) is 11.3 Å². The number of morpholine rings is 1. The summed E-state index contributed by atoms with van der Waals surface area (Å²) >= 11 is 1.60. The first-order valence-corrected chi connectivity index (χ1v) is 11.0. The van der Waals surface area contributed by atoms with Gasteiger partial charge in [-0.15, -0.1) is 0 Å². The molecule has 29 heavy (non-hydrogen) atoms. The smallest absolute Gasteiger partial charge is 0.260 e. The van der Waals surface area contributed by atoms with Gasteiger partial charge in [-0.25, -0.2) is 4.98 Å². The van der Waals surface area contributed by atoms with Crippen molar-refractivity contribution in [2.24, 2.45) is 0 Å². The van der Waals surface area contributed by atoms with E-state index in [1.807, 2.05) is 35.2 Å². The third-order valence-electron chi connectivity index (χ3n) is 5.53. The molecule has 0 aliphatic carbocycles. The van der Waals surface area contributed by atoms with Crippen LogP contribution in [0.1, 0.15) is 27.9 Å². The number of amides is 1. The van der Waals surface area contributed by atoms with Crippen molar-refractivity contribution in [3.63, 3.8) is 0 Å². The van der Waals surface area contributed by atoms with Crippen molar-refractivity contribution in [1.82, 2.24) is 9.88 Å². The molecule has 0 saturated carbocycles. The van der Waals surface area contributed by atoms with Gasteiger partial charge >= 0.3 is 0 Å². The summed E-state index contributed by atoms with van der Waals surface area (Å²) in [5.74, 6) is 0.0148. The molecule has 1 amide bonds. The summed E-state index contributed by atoms with van der Waals surface area (Å²) in [6, 6.07) is 13.7. The quantitative estimate of drug-likeness (QED) is 0.610. The molecule has 0 unspecified atom stereocenters.